The first-order valence-electron chi connectivity index (χ1n) is 9.01. The molecule has 2 fully saturated rings. The highest BCUT2D eigenvalue weighted by Gasteiger charge is 2.33. The topological polar surface area (TPSA) is 69.6 Å². The minimum Gasteiger partial charge on any atom is -0.480 e. The van der Waals surface area contributed by atoms with Gasteiger partial charge >= 0.3 is 12.0 Å². The van der Waals surface area contributed by atoms with Crippen molar-refractivity contribution < 1.29 is 14.7 Å². The van der Waals surface area contributed by atoms with E-state index in [0.717, 1.165) is 64.5 Å². The summed E-state index contributed by atoms with van der Waals surface area (Å²) in [6, 6.07) is -0.942. The van der Waals surface area contributed by atoms with E-state index in [1.807, 2.05) is 6.08 Å². The monoisotopic (exact) mass is 322 g/mol. The molecule has 0 radical (unpaired) electrons. The molecule has 5 nitrogen and oxygen atoms in total. The molecule has 0 aromatic heterocycles. The van der Waals surface area contributed by atoms with Crippen LogP contribution < -0.4 is 5.32 Å². The molecule has 0 aromatic carbocycles. The molecule has 2 atom stereocenters. The van der Waals surface area contributed by atoms with E-state index in [4.69, 9.17) is 0 Å². The van der Waals surface area contributed by atoms with Gasteiger partial charge in [-0.25, -0.2) is 9.59 Å². The van der Waals surface area contributed by atoms with E-state index in [-0.39, 0.29) is 11.9 Å². The third-order valence-corrected chi connectivity index (χ3v) is 5.25. The van der Waals surface area contributed by atoms with Gasteiger partial charge in [-0.2, -0.15) is 0 Å². The largest absolute Gasteiger partial charge is 0.480 e. The molecule has 1 saturated heterocycles. The lowest BCUT2D eigenvalue weighted by molar-refractivity contribution is -0.141. The summed E-state index contributed by atoms with van der Waals surface area (Å²) in [6.07, 6.45) is 11.2. The zero-order chi connectivity index (χ0) is 16.7. The molecule has 130 valence electrons. The van der Waals surface area contributed by atoms with E-state index < -0.39 is 12.0 Å². The Labute approximate surface area is 139 Å². The number of hydrogen-bond donors (Lipinski definition) is 2. The Balaban J connectivity index is 1.89. The van der Waals surface area contributed by atoms with Crippen molar-refractivity contribution in [2.45, 2.75) is 63.8 Å². The van der Waals surface area contributed by atoms with Crippen LogP contribution in [0.25, 0.3) is 0 Å². The number of nitrogens with zero attached hydrogens (tertiary/aromatic N) is 1. The molecule has 1 aliphatic heterocycles. The molecule has 0 spiro atoms. The number of likely N-dealkylation sites (tertiary alicyclic amines) is 1. The smallest absolute Gasteiger partial charge is 0.326 e. The van der Waals surface area contributed by atoms with Crippen molar-refractivity contribution in [2.24, 2.45) is 11.8 Å². The van der Waals surface area contributed by atoms with Crippen molar-refractivity contribution in [2.75, 3.05) is 13.1 Å². The summed E-state index contributed by atoms with van der Waals surface area (Å²) in [5.74, 6) is -0.317. The summed E-state index contributed by atoms with van der Waals surface area (Å²) in [4.78, 5) is 25.9. The predicted octanol–water partition coefficient (Wildman–Crippen LogP) is 3.41. The number of allylic oxidation sites excluding steroid dienone is 1. The molecule has 1 unspecified atom stereocenters. The molecular weight excluding hydrogens is 292 g/mol. The summed E-state index contributed by atoms with van der Waals surface area (Å²) in [5, 5.41) is 12.3. The molecule has 5 heteroatoms. The molecular formula is C18H30N2O3. The lowest BCUT2D eigenvalue weighted by Gasteiger charge is -2.35. The fourth-order valence-electron chi connectivity index (χ4n) is 3.91. The zero-order valence-electron chi connectivity index (χ0n) is 14.0. The highest BCUT2D eigenvalue weighted by atomic mass is 16.4. The van der Waals surface area contributed by atoms with Crippen LogP contribution in [0.15, 0.2) is 12.7 Å². The molecule has 2 N–H and O–H groups in total. The molecule has 1 heterocycles. The van der Waals surface area contributed by atoms with Gasteiger partial charge in [-0.1, -0.05) is 25.3 Å². The fraction of sp³-hybridized carbons (Fsp3) is 0.778. The van der Waals surface area contributed by atoms with Crippen molar-refractivity contribution in [3.05, 3.63) is 12.7 Å². The van der Waals surface area contributed by atoms with Crippen LogP contribution in [0.3, 0.4) is 0 Å². The minimum absolute atomic E-state index is 0.0755. The van der Waals surface area contributed by atoms with Crippen molar-refractivity contribution >= 4 is 12.0 Å². The van der Waals surface area contributed by atoms with E-state index in [9.17, 15) is 14.7 Å². The van der Waals surface area contributed by atoms with E-state index in [1.165, 1.54) is 6.42 Å². The minimum atomic E-state index is -0.898. The first-order chi connectivity index (χ1) is 11.1. The van der Waals surface area contributed by atoms with Crippen LogP contribution in [0.2, 0.25) is 0 Å². The van der Waals surface area contributed by atoms with Crippen LogP contribution in [0, 0.1) is 11.8 Å². The number of nitrogens with one attached hydrogen (secondary N) is 1. The van der Waals surface area contributed by atoms with Gasteiger partial charge in [-0.3, -0.25) is 0 Å². The second-order valence-electron chi connectivity index (χ2n) is 6.98. The van der Waals surface area contributed by atoms with E-state index in [0.29, 0.717) is 5.92 Å². The van der Waals surface area contributed by atoms with Crippen molar-refractivity contribution in [3.63, 3.8) is 0 Å². The number of urea groups is 1. The standard InChI is InChI=1S/C18H30N2O3/c1-2-3-8-14-9-7-12-20(13-14)18(23)19-16(17(21)22)15-10-5-4-6-11-15/h2,14-16H,1,3-13H2,(H,19,23)(H,21,22)/t14?,16-/m0/s1. The predicted molar refractivity (Wildman–Crippen MR) is 90.3 cm³/mol. The fourth-order valence-corrected chi connectivity index (χ4v) is 3.91. The number of carboxylic acids is 1. The Kier molecular flexibility index (Phi) is 6.93. The molecule has 0 bridgehead atoms. The second kappa shape index (κ2) is 8.94. The summed E-state index contributed by atoms with van der Waals surface area (Å²) in [5.41, 5.74) is 0. The molecule has 0 aromatic rings. The molecule has 23 heavy (non-hydrogen) atoms. The van der Waals surface area contributed by atoms with Crippen LogP contribution in [0.4, 0.5) is 4.79 Å². The average Bonchev–Trinajstić information content (AvgIpc) is 2.58. The number of carboxylic acid groups (broad SMARTS) is 1. The maximum Gasteiger partial charge on any atom is 0.326 e. The summed E-state index contributed by atoms with van der Waals surface area (Å²) < 4.78 is 0. The Morgan fingerprint density at radius 1 is 1.22 bits per heavy atom. The third kappa shape index (κ3) is 5.26. The van der Waals surface area contributed by atoms with Crippen LogP contribution in [-0.2, 0) is 4.79 Å². The quantitative estimate of drug-likeness (QED) is 0.736. The Morgan fingerprint density at radius 3 is 2.61 bits per heavy atom. The molecule has 2 aliphatic rings. The van der Waals surface area contributed by atoms with Gasteiger partial charge in [0.1, 0.15) is 6.04 Å². The lowest BCUT2D eigenvalue weighted by atomic mass is 9.84. The average molecular weight is 322 g/mol. The molecule has 1 aliphatic carbocycles. The molecule has 2 amide bonds. The number of carbonyl (C=O) groups excluding carboxylic acids is 1. The molecule has 1 saturated carbocycles. The normalized spacial score (nSPS) is 24.0. The number of aliphatic carboxylic acids is 1. The molecule has 2 rings (SSSR count). The Hall–Kier alpha value is -1.52. The first kappa shape index (κ1) is 17.8. The van der Waals surface area contributed by atoms with Gasteiger partial charge in [0.2, 0.25) is 0 Å². The summed E-state index contributed by atoms with van der Waals surface area (Å²) >= 11 is 0. The van der Waals surface area contributed by atoms with Gasteiger partial charge in [0.05, 0.1) is 0 Å². The number of carbonyl (C=O) groups is 2. The van der Waals surface area contributed by atoms with Gasteiger partial charge in [0.25, 0.3) is 0 Å². The van der Waals surface area contributed by atoms with E-state index >= 15 is 0 Å². The number of rotatable bonds is 6. The van der Waals surface area contributed by atoms with Crippen LogP contribution in [-0.4, -0.2) is 41.1 Å². The van der Waals surface area contributed by atoms with Crippen molar-refractivity contribution in [1.29, 1.82) is 0 Å². The maximum atomic E-state index is 12.5. The van der Waals surface area contributed by atoms with E-state index in [1.54, 1.807) is 4.90 Å². The number of hydrogen-bond acceptors (Lipinski definition) is 2. The lowest BCUT2D eigenvalue weighted by Crippen LogP contribution is -2.53. The van der Waals surface area contributed by atoms with Crippen LogP contribution in [0.1, 0.15) is 57.8 Å². The van der Waals surface area contributed by atoms with Gasteiger partial charge in [0.15, 0.2) is 0 Å². The zero-order valence-corrected chi connectivity index (χ0v) is 14.0. The second-order valence-corrected chi connectivity index (χ2v) is 6.98. The van der Waals surface area contributed by atoms with Gasteiger partial charge in [-0.15, -0.1) is 6.58 Å². The number of piperidine rings is 1. The highest BCUT2D eigenvalue weighted by molar-refractivity contribution is 5.82. The maximum absolute atomic E-state index is 12.5. The Bertz CT molecular complexity index is 418. The van der Waals surface area contributed by atoms with Crippen LogP contribution in [0.5, 0.6) is 0 Å². The van der Waals surface area contributed by atoms with Gasteiger partial charge < -0.3 is 15.3 Å². The summed E-state index contributed by atoms with van der Waals surface area (Å²) in [7, 11) is 0. The summed E-state index contributed by atoms with van der Waals surface area (Å²) in [6.45, 7) is 5.21. The van der Waals surface area contributed by atoms with E-state index in [2.05, 4.69) is 11.9 Å². The van der Waals surface area contributed by atoms with Gasteiger partial charge in [-0.05, 0) is 50.4 Å². The first-order valence-corrected chi connectivity index (χ1v) is 9.01. The van der Waals surface area contributed by atoms with Crippen LogP contribution >= 0.6 is 0 Å². The van der Waals surface area contributed by atoms with Crippen molar-refractivity contribution in [1.82, 2.24) is 10.2 Å². The number of amides is 2. The third-order valence-electron chi connectivity index (χ3n) is 5.25. The van der Waals surface area contributed by atoms with Crippen molar-refractivity contribution in [3.8, 4) is 0 Å². The van der Waals surface area contributed by atoms with Gasteiger partial charge in [0, 0.05) is 13.1 Å². The highest BCUT2D eigenvalue weighted by Crippen LogP contribution is 2.27. The SMILES string of the molecule is C=CCCC1CCCN(C(=O)N[C@H](C(=O)O)C2CCCCC2)C1. The Morgan fingerprint density at radius 2 is 1.96 bits per heavy atom.